The van der Waals surface area contributed by atoms with Crippen molar-refractivity contribution in [2.75, 3.05) is 19.8 Å². The Morgan fingerprint density at radius 1 is 1.28 bits per heavy atom. The Bertz CT molecular complexity index is 576. The minimum Gasteiger partial charge on any atom is -0.378 e. The Morgan fingerprint density at radius 3 is 2.72 bits per heavy atom. The highest BCUT2D eigenvalue weighted by Gasteiger charge is 2.29. The van der Waals surface area contributed by atoms with Crippen LogP contribution in [0.1, 0.15) is 37.7 Å². The molecule has 3 rings (SSSR count). The summed E-state index contributed by atoms with van der Waals surface area (Å²) in [6, 6.07) is 3.52. The van der Waals surface area contributed by atoms with Crippen LogP contribution in [-0.2, 0) is 16.1 Å². The molecule has 1 N–H and O–H groups in total. The molecule has 1 saturated carbocycles. The van der Waals surface area contributed by atoms with Crippen molar-refractivity contribution in [3.05, 3.63) is 35.4 Å². The predicted octanol–water partition coefficient (Wildman–Crippen LogP) is 3.04. The lowest BCUT2D eigenvalue weighted by Crippen LogP contribution is -2.46. The van der Waals surface area contributed by atoms with E-state index >= 15 is 0 Å². The van der Waals surface area contributed by atoms with Gasteiger partial charge in [0.15, 0.2) is 0 Å². The number of amides is 1. The summed E-state index contributed by atoms with van der Waals surface area (Å²) in [5.41, 5.74) is 0.239. The van der Waals surface area contributed by atoms with Gasteiger partial charge in [-0.05, 0) is 31.0 Å². The Labute approximate surface area is 153 Å². The average Bonchev–Trinajstić information content (AvgIpc) is 3.10. The molecule has 1 saturated heterocycles. The van der Waals surface area contributed by atoms with Crippen LogP contribution in [0.2, 0.25) is 0 Å². The van der Waals surface area contributed by atoms with Gasteiger partial charge in [-0.2, -0.15) is 0 Å². The molecular weight excluding hydrogens is 350 g/mol. The van der Waals surface area contributed by atoms with Crippen molar-refractivity contribution in [1.82, 2.24) is 10.2 Å². The minimum absolute atomic E-state index is 0. The van der Waals surface area contributed by atoms with Crippen LogP contribution in [0, 0.1) is 11.6 Å². The van der Waals surface area contributed by atoms with Gasteiger partial charge >= 0.3 is 0 Å². The second-order valence-corrected chi connectivity index (χ2v) is 6.63. The maximum atomic E-state index is 14.0. The Morgan fingerprint density at radius 2 is 2.04 bits per heavy atom. The van der Waals surface area contributed by atoms with E-state index in [9.17, 15) is 13.6 Å². The number of carbonyl (C=O) groups is 1. The van der Waals surface area contributed by atoms with Crippen LogP contribution < -0.4 is 5.32 Å². The Kier molecular flexibility index (Phi) is 7.59. The second-order valence-electron chi connectivity index (χ2n) is 6.63. The number of ether oxygens (including phenoxy) is 1. The highest BCUT2D eigenvalue weighted by molar-refractivity contribution is 5.85. The Balaban J connectivity index is 0.00000225. The monoisotopic (exact) mass is 374 g/mol. The summed E-state index contributed by atoms with van der Waals surface area (Å²) in [6.07, 6.45) is 4.33. The van der Waals surface area contributed by atoms with Crippen molar-refractivity contribution in [2.45, 2.75) is 50.7 Å². The molecule has 0 bridgehead atoms. The fourth-order valence-electron chi connectivity index (χ4n) is 3.56. The van der Waals surface area contributed by atoms with Gasteiger partial charge in [-0.15, -0.1) is 12.4 Å². The van der Waals surface area contributed by atoms with Crippen molar-refractivity contribution in [1.29, 1.82) is 0 Å². The molecule has 7 heteroatoms. The fraction of sp³-hybridized carbons (Fsp3) is 0.611. The van der Waals surface area contributed by atoms with Gasteiger partial charge in [-0.25, -0.2) is 8.78 Å². The highest BCUT2D eigenvalue weighted by atomic mass is 35.5. The van der Waals surface area contributed by atoms with Crippen LogP contribution in [0.25, 0.3) is 0 Å². The summed E-state index contributed by atoms with van der Waals surface area (Å²) < 4.78 is 32.9. The SMILES string of the molecule is Cl.O=C(CC1COCCN1)N(Cc1cc(F)ccc1F)C1CCCC1. The van der Waals surface area contributed by atoms with Crippen LogP contribution in [-0.4, -0.2) is 42.6 Å². The molecule has 2 aliphatic rings. The average molecular weight is 375 g/mol. The minimum atomic E-state index is -0.479. The molecule has 1 aliphatic carbocycles. The lowest BCUT2D eigenvalue weighted by molar-refractivity contribution is -0.135. The molecule has 1 aliphatic heterocycles. The third kappa shape index (κ3) is 5.36. The molecule has 1 aromatic rings. The van der Waals surface area contributed by atoms with Crippen LogP contribution >= 0.6 is 12.4 Å². The number of hydrogen-bond donors (Lipinski definition) is 1. The van der Waals surface area contributed by atoms with Crippen molar-refractivity contribution in [3.63, 3.8) is 0 Å². The number of nitrogens with one attached hydrogen (secondary N) is 1. The number of hydrogen-bond acceptors (Lipinski definition) is 3. The first kappa shape index (κ1) is 20.1. The van der Waals surface area contributed by atoms with Gasteiger partial charge in [0, 0.05) is 37.2 Å². The van der Waals surface area contributed by atoms with E-state index in [-0.39, 0.29) is 42.5 Å². The van der Waals surface area contributed by atoms with E-state index in [1.807, 2.05) is 0 Å². The van der Waals surface area contributed by atoms with Gasteiger partial charge in [0.2, 0.25) is 5.91 Å². The van der Waals surface area contributed by atoms with Crippen molar-refractivity contribution in [2.24, 2.45) is 0 Å². The smallest absolute Gasteiger partial charge is 0.224 e. The van der Waals surface area contributed by atoms with E-state index in [0.717, 1.165) is 44.4 Å². The standard InChI is InChI=1S/C18H24F2N2O2.ClH/c19-14-5-6-17(20)13(9-14)11-22(16-3-1-2-4-16)18(23)10-15-12-24-8-7-21-15;/h5-6,9,15-16,21H,1-4,7-8,10-12H2;1H. The molecule has 2 fully saturated rings. The number of rotatable bonds is 5. The summed E-state index contributed by atoms with van der Waals surface area (Å²) in [5, 5.41) is 3.27. The fourth-order valence-corrected chi connectivity index (χ4v) is 3.56. The largest absolute Gasteiger partial charge is 0.378 e. The van der Waals surface area contributed by atoms with E-state index in [4.69, 9.17) is 4.74 Å². The zero-order valence-electron chi connectivity index (χ0n) is 14.2. The first-order chi connectivity index (χ1) is 11.6. The van der Waals surface area contributed by atoms with E-state index in [2.05, 4.69) is 5.32 Å². The maximum Gasteiger partial charge on any atom is 0.224 e. The summed E-state index contributed by atoms with van der Waals surface area (Å²) in [4.78, 5) is 14.6. The number of benzene rings is 1. The lowest BCUT2D eigenvalue weighted by Gasteiger charge is -2.32. The number of halogens is 3. The molecule has 25 heavy (non-hydrogen) atoms. The first-order valence-corrected chi connectivity index (χ1v) is 8.68. The Hall–Kier alpha value is -1.24. The first-order valence-electron chi connectivity index (χ1n) is 8.68. The van der Waals surface area contributed by atoms with Crippen LogP contribution in [0.4, 0.5) is 8.78 Å². The van der Waals surface area contributed by atoms with Gasteiger partial charge in [0.1, 0.15) is 11.6 Å². The third-order valence-electron chi connectivity index (χ3n) is 4.85. The summed E-state index contributed by atoms with van der Waals surface area (Å²) in [5.74, 6) is -0.965. The van der Waals surface area contributed by atoms with E-state index in [1.54, 1.807) is 4.90 Å². The summed E-state index contributed by atoms with van der Waals surface area (Å²) in [6.45, 7) is 2.03. The molecular formula is C18H25ClF2N2O2. The molecule has 0 radical (unpaired) electrons. The van der Waals surface area contributed by atoms with Gasteiger partial charge in [-0.3, -0.25) is 4.79 Å². The van der Waals surface area contributed by atoms with Gasteiger partial charge in [0.25, 0.3) is 0 Å². The third-order valence-corrected chi connectivity index (χ3v) is 4.85. The molecule has 1 atom stereocenters. The highest BCUT2D eigenvalue weighted by Crippen LogP contribution is 2.26. The quantitative estimate of drug-likeness (QED) is 0.861. The normalized spacial score (nSPS) is 21.0. The molecule has 140 valence electrons. The van der Waals surface area contributed by atoms with Gasteiger partial charge < -0.3 is 15.0 Å². The van der Waals surface area contributed by atoms with Crippen LogP contribution in [0.5, 0.6) is 0 Å². The second kappa shape index (κ2) is 9.46. The molecule has 4 nitrogen and oxygen atoms in total. The van der Waals surface area contributed by atoms with Crippen LogP contribution in [0.3, 0.4) is 0 Å². The lowest BCUT2D eigenvalue weighted by atomic mass is 10.1. The molecule has 0 aromatic heterocycles. The summed E-state index contributed by atoms with van der Waals surface area (Å²) >= 11 is 0. The number of carbonyl (C=O) groups excluding carboxylic acids is 1. The van der Waals surface area contributed by atoms with Crippen molar-refractivity contribution in [3.8, 4) is 0 Å². The number of morpholine rings is 1. The topological polar surface area (TPSA) is 41.6 Å². The van der Waals surface area contributed by atoms with E-state index in [1.165, 1.54) is 6.07 Å². The van der Waals surface area contributed by atoms with Gasteiger partial charge in [-0.1, -0.05) is 12.8 Å². The zero-order valence-corrected chi connectivity index (χ0v) is 15.0. The molecule has 1 aromatic carbocycles. The number of nitrogens with zero attached hydrogens (tertiary/aromatic N) is 1. The summed E-state index contributed by atoms with van der Waals surface area (Å²) in [7, 11) is 0. The zero-order chi connectivity index (χ0) is 16.9. The van der Waals surface area contributed by atoms with Crippen LogP contribution in [0.15, 0.2) is 18.2 Å². The van der Waals surface area contributed by atoms with E-state index in [0.29, 0.717) is 19.6 Å². The molecule has 1 amide bonds. The van der Waals surface area contributed by atoms with Crippen molar-refractivity contribution >= 4 is 18.3 Å². The predicted molar refractivity (Wildman–Crippen MR) is 93.6 cm³/mol. The molecule has 1 unspecified atom stereocenters. The van der Waals surface area contributed by atoms with E-state index < -0.39 is 11.6 Å². The maximum absolute atomic E-state index is 14.0. The molecule has 0 spiro atoms. The van der Waals surface area contributed by atoms with Gasteiger partial charge in [0.05, 0.1) is 13.2 Å². The van der Waals surface area contributed by atoms with Crippen molar-refractivity contribution < 1.29 is 18.3 Å². The molecule has 1 heterocycles.